The van der Waals surface area contributed by atoms with Crippen LogP contribution in [0.2, 0.25) is 0 Å². The lowest BCUT2D eigenvalue weighted by Gasteiger charge is -2.08. The average molecular weight is 601 g/mol. The number of benzene rings is 4. The third-order valence-corrected chi connectivity index (χ3v) is 7.47. The van der Waals surface area contributed by atoms with Crippen LogP contribution in [0.3, 0.4) is 0 Å². The van der Waals surface area contributed by atoms with Crippen molar-refractivity contribution in [3.8, 4) is 5.75 Å². The van der Waals surface area contributed by atoms with E-state index >= 15 is 0 Å². The van der Waals surface area contributed by atoms with Gasteiger partial charge >= 0.3 is 0 Å². The number of rotatable bonds is 3. The number of aromatic hydroxyl groups is 1. The van der Waals surface area contributed by atoms with E-state index in [9.17, 15) is 30.4 Å². The molecule has 0 heterocycles. The van der Waals surface area contributed by atoms with Crippen molar-refractivity contribution in [2.75, 3.05) is 22.9 Å². The molecule has 0 spiro atoms. The number of nitrogen functional groups attached to an aromatic ring is 4. The Morgan fingerprint density at radius 2 is 1.08 bits per heavy atom. The number of hydrogen-bond donors (Lipinski definition) is 8. The van der Waals surface area contributed by atoms with Crippen molar-refractivity contribution in [2.45, 2.75) is 14.7 Å². The predicted octanol–water partition coefficient (Wildman–Crippen LogP) is 1.99. The van der Waals surface area contributed by atoms with Crippen LogP contribution in [0.5, 0.6) is 5.75 Å². The zero-order chi connectivity index (χ0) is 29.8. The van der Waals surface area contributed by atoms with E-state index in [1.54, 1.807) is 24.3 Å². The third-order valence-electron chi connectivity index (χ3n) is 4.79. The van der Waals surface area contributed by atoms with Gasteiger partial charge in [0.1, 0.15) is 15.5 Å². The van der Waals surface area contributed by atoms with Gasteiger partial charge in [-0.25, -0.2) is 0 Å². The highest BCUT2D eigenvalue weighted by Gasteiger charge is 2.19. The SMILES string of the molecule is Nc1c(S(=O)(=O)O)cc2ccccc2c1O.Nc1ccc(N)c(S(=O)(=O)O)c1.Nc1ccc(S(=O)(=O)O)cc1. The van der Waals surface area contributed by atoms with Crippen molar-refractivity contribution in [1.82, 2.24) is 0 Å². The first kappa shape index (κ1) is 31.1. The zero-order valence-corrected chi connectivity index (χ0v) is 22.2. The normalized spacial score (nSPS) is 11.6. The molecular formula is C22H24N4O10S3. The van der Waals surface area contributed by atoms with Gasteiger partial charge in [-0.1, -0.05) is 24.3 Å². The molecule has 4 rings (SSSR count). The monoisotopic (exact) mass is 600 g/mol. The van der Waals surface area contributed by atoms with Crippen LogP contribution >= 0.6 is 0 Å². The Bertz CT molecular complexity index is 1830. The smallest absolute Gasteiger partial charge is 0.296 e. The fourth-order valence-corrected chi connectivity index (χ4v) is 4.73. The van der Waals surface area contributed by atoms with Gasteiger partial charge in [0.05, 0.1) is 16.3 Å². The van der Waals surface area contributed by atoms with E-state index < -0.39 is 35.2 Å². The molecule has 0 aliphatic heterocycles. The molecule has 0 aliphatic rings. The molecule has 0 aromatic heterocycles. The predicted molar refractivity (Wildman–Crippen MR) is 146 cm³/mol. The highest BCUT2D eigenvalue weighted by molar-refractivity contribution is 7.86. The maximum absolute atomic E-state index is 11.0. The van der Waals surface area contributed by atoms with Crippen LogP contribution < -0.4 is 22.9 Å². The van der Waals surface area contributed by atoms with Crippen LogP contribution in [-0.2, 0) is 30.4 Å². The third kappa shape index (κ3) is 8.43. The molecule has 210 valence electrons. The van der Waals surface area contributed by atoms with Gasteiger partial charge in [0.25, 0.3) is 30.4 Å². The molecule has 17 heteroatoms. The first-order valence-electron chi connectivity index (χ1n) is 10.3. The second kappa shape index (κ2) is 11.7. The van der Waals surface area contributed by atoms with Gasteiger partial charge in [0.2, 0.25) is 0 Å². The number of phenols is 1. The van der Waals surface area contributed by atoms with Crippen LogP contribution in [0.25, 0.3) is 10.8 Å². The lowest BCUT2D eigenvalue weighted by Crippen LogP contribution is -2.03. The highest BCUT2D eigenvalue weighted by Crippen LogP contribution is 2.35. The number of fused-ring (bicyclic) bond motifs is 1. The minimum atomic E-state index is -4.43. The van der Waals surface area contributed by atoms with Crippen molar-refractivity contribution < 1.29 is 44.0 Å². The summed E-state index contributed by atoms with van der Waals surface area (Å²) >= 11 is 0. The van der Waals surface area contributed by atoms with Crippen molar-refractivity contribution in [1.29, 1.82) is 0 Å². The Labute approximate surface area is 223 Å². The van der Waals surface area contributed by atoms with Gasteiger partial charge < -0.3 is 28.0 Å². The summed E-state index contributed by atoms with van der Waals surface area (Å²) < 4.78 is 90.3. The molecule has 0 bridgehead atoms. The molecule has 14 nitrogen and oxygen atoms in total. The van der Waals surface area contributed by atoms with Crippen molar-refractivity contribution in [3.05, 3.63) is 72.8 Å². The largest absolute Gasteiger partial charge is 0.505 e. The van der Waals surface area contributed by atoms with Gasteiger partial charge in [-0.05, 0) is 53.9 Å². The Balaban J connectivity index is 0.000000210. The minimum absolute atomic E-state index is 0.0216. The minimum Gasteiger partial charge on any atom is -0.505 e. The Kier molecular flexibility index (Phi) is 9.35. The Hall–Kier alpha value is -4.13. The summed E-state index contributed by atoms with van der Waals surface area (Å²) in [6.45, 7) is 0. The fourth-order valence-electron chi connectivity index (χ4n) is 2.95. The molecule has 0 radical (unpaired) electrons. The van der Waals surface area contributed by atoms with Crippen LogP contribution in [0, 0.1) is 0 Å². The van der Waals surface area contributed by atoms with E-state index in [-0.39, 0.29) is 32.6 Å². The van der Waals surface area contributed by atoms with E-state index in [1.807, 2.05) is 0 Å². The van der Waals surface area contributed by atoms with Crippen molar-refractivity contribution in [3.63, 3.8) is 0 Å². The first-order valence-corrected chi connectivity index (χ1v) is 14.6. The maximum atomic E-state index is 11.0. The molecule has 0 amide bonds. The lowest BCUT2D eigenvalue weighted by atomic mass is 10.1. The number of hydrogen-bond acceptors (Lipinski definition) is 11. The average Bonchev–Trinajstić information content (AvgIpc) is 2.82. The van der Waals surface area contributed by atoms with Gasteiger partial charge in [-0.15, -0.1) is 0 Å². The van der Waals surface area contributed by atoms with E-state index in [1.165, 1.54) is 42.5 Å². The second-order valence-corrected chi connectivity index (χ2v) is 11.9. The summed E-state index contributed by atoms with van der Waals surface area (Å²) in [5.41, 5.74) is 21.6. The van der Waals surface area contributed by atoms with Gasteiger partial charge in [-0.2, -0.15) is 25.3 Å². The zero-order valence-electron chi connectivity index (χ0n) is 19.7. The summed E-state index contributed by atoms with van der Waals surface area (Å²) in [4.78, 5) is -0.988. The van der Waals surface area contributed by atoms with Crippen molar-refractivity contribution >= 4 is 63.9 Å². The number of phenolic OH excluding ortho intramolecular Hbond substituents is 1. The van der Waals surface area contributed by atoms with E-state index in [2.05, 4.69) is 0 Å². The van der Waals surface area contributed by atoms with E-state index in [0.29, 0.717) is 16.5 Å². The maximum Gasteiger partial charge on any atom is 0.296 e. The molecule has 0 fully saturated rings. The lowest BCUT2D eigenvalue weighted by molar-refractivity contribution is 0.473. The fraction of sp³-hybridized carbons (Fsp3) is 0. The molecule has 12 N–H and O–H groups in total. The Morgan fingerprint density at radius 3 is 1.56 bits per heavy atom. The summed E-state index contributed by atoms with van der Waals surface area (Å²) in [5, 5.41) is 10.6. The molecule has 39 heavy (non-hydrogen) atoms. The summed E-state index contributed by atoms with van der Waals surface area (Å²) in [6, 6.07) is 17.0. The number of nitrogens with two attached hydrogens (primary N) is 4. The molecule has 4 aromatic rings. The van der Waals surface area contributed by atoms with Crippen LogP contribution in [0.1, 0.15) is 0 Å². The van der Waals surface area contributed by atoms with E-state index in [0.717, 1.165) is 6.07 Å². The summed E-state index contributed by atoms with van der Waals surface area (Å²) in [7, 11) is -12.8. The van der Waals surface area contributed by atoms with Crippen molar-refractivity contribution in [2.24, 2.45) is 0 Å². The van der Waals surface area contributed by atoms with Gasteiger partial charge in [-0.3, -0.25) is 13.7 Å². The standard InChI is InChI=1S/C10H9NO4S.C6H8N2O3S.C6H7NO3S/c11-9-8(16(13,14)15)5-6-3-1-2-4-7(6)10(9)12;7-4-1-2-5(8)6(3-4)12(9,10)11;7-5-1-3-6(4-2-5)11(8,9)10/h1-5,12H,11H2,(H,13,14,15);1-3H,7-8H2,(H,9,10,11);1-4H,7H2,(H,8,9,10). The quantitative estimate of drug-likeness (QED) is 0.0948. The second-order valence-electron chi connectivity index (χ2n) is 7.65. The molecule has 0 saturated carbocycles. The summed E-state index contributed by atoms with van der Waals surface area (Å²) in [5.74, 6) is -0.342. The molecular weight excluding hydrogens is 576 g/mol. The number of anilines is 4. The van der Waals surface area contributed by atoms with Crippen LogP contribution in [0.15, 0.2) is 87.5 Å². The first-order chi connectivity index (χ1) is 17.8. The molecule has 0 saturated heterocycles. The van der Waals surface area contributed by atoms with Crippen LogP contribution in [-0.4, -0.2) is 44.0 Å². The van der Waals surface area contributed by atoms with E-state index in [4.69, 9.17) is 36.6 Å². The highest BCUT2D eigenvalue weighted by atomic mass is 32.2. The topological polar surface area (TPSA) is 287 Å². The molecule has 0 aliphatic carbocycles. The molecule has 0 atom stereocenters. The van der Waals surface area contributed by atoms with Gasteiger partial charge in [0.15, 0.2) is 0 Å². The van der Waals surface area contributed by atoms with Gasteiger partial charge in [0, 0.05) is 16.8 Å². The van der Waals surface area contributed by atoms with Crippen LogP contribution in [0.4, 0.5) is 22.7 Å². The molecule has 0 unspecified atom stereocenters. The summed E-state index contributed by atoms with van der Waals surface area (Å²) in [6.07, 6.45) is 0. The Morgan fingerprint density at radius 1 is 0.564 bits per heavy atom. The molecule has 4 aromatic carbocycles.